The van der Waals surface area contributed by atoms with Crippen molar-refractivity contribution in [3.8, 4) is 0 Å². The fourth-order valence-corrected chi connectivity index (χ4v) is 1.64. The number of hydrogen-bond acceptors (Lipinski definition) is 1. The van der Waals surface area contributed by atoms with E-state index in [0.717, 1.165) is 16.8 Å². The van der Waals surface area contributed by atoms with Gasteiger partial charge in [0.15, 0.2) is 0 Å². The first-order valence-corrected chi connectivity index (χ1v) is 5.24. The highest BCUT2D eigenvalue weighted by atomic mass is 28.1. The van der Waals surface area contributed by atoms with E-state index < -0.39 is 0 Å². The monoisotopic (exact) mass is 177 g/mol. The Kier molecular flexibility index (Phi) is 3.11. The van der Waals surface area contributed by atoms with Gasteiger partial charge in [-0.2, -0.15) is 0 Å². The van der Waals surface area contributed by atoms with Crippen LogP contribution in [0, 0.1) is 0 Å². The molecule has 0 spiro atoms. The first kappa shape index (κ1) is 9.07. The number of hydrogen-bond donors (Lipinski definition) is 1. The summed E-state index contributed by atoms with van der Waals surface area (Å²) in [4.78, 5) is 0. The summed E-state index contributed by atoms with van der Waals surface area (Å²) >= 11 is 0. The fourth-order valence-electron chi connectivity index (χ4n) is 1.20. The molecule has 0 aliphatic heterocycles. The molecule has 1 aromatic rings. The number of benzene rings is 1. The number of nitrogens with one attached hydrogen (secondary N) is 1. The maximum Gasteiger partial charge on any atom is 0.0411 e. The highest BCUT2D eigenvalue weighted by molar-refractivity contribution is 6.42. The van der Waals surface area contributed by atoms with Crippen LogP contribution in [0.4, 0.5) is 5.69 Å². The third-order valence-corrected chi connectivity index (χ3v) is 2.29. The van der Waals surface area contributed by atoms with E-state index in [0.29, 0.717) is 0 Å². The lowest BCUT2D eigenvalue weighted by atomic mass is 10.2. The molecule has 0 aliphatic rings. The summed E-state index contributed by atoms with van der Waals surface area (Å²) < 4.78 is 0. The minimum Gasteiger partial charge on any atom is -0.385 e. The third kappa shape index (κ3) is 1.98. The average molecular weight is 177 g/mol. The summed E-state index contributed by atoms with van der Waals surface area (Å²) in [7, 11) is 1.03. The lowest BCUT2D eigenvalue weighted by Crippen LogP contribution is -1.99. The van der Waals surface area contributed by atoms with Crippen molar-refractivity contribution >= 4 is 21.1 Å². The highest BCUT2D eigenvalue weighted by Crippen LogP contribution is 2.19. The number of para-hydroxylation sites is 1. The van der Waals surface area contributed by atoms with Gasteiger partial charge in [-0.3, -0.25) is 0 Å². The van der Waals surface area contributed by atoms with Crippen LogP contribution >= 0.6 is 0 Å². The Hall–Kier alpha value is -1.02. The quantitative estimate of drug-likeness (QED) is 0.689. The molecule has 64 valence electrons. The van der Waals surface area contributed by atoms with Crippen LogP contribution < -0.4 is 5.32 Å². The molecule has 0 bridgehead atoms. The highest BCUT2D eigenvalue weighted by Gasteiger charge is 1.98. The van der Waals surface area contributed by atoms with E-state index in [4.69, 9.17) is 0 Å². The number of anilines is 1. The van der Waals surface area contributed by atoms with Gasteiger partial charge >= 0.3 is 0 Å². The molecule has 1 aromatic carbocycles. The zero-order valence-electron chi connectivity index (χ0n) is 7.72. The molecule has 1 nitrogen and oxygen atoms in total. The maximum atomic E-state index is 3.99. The molecule has 2 heteroatoms. The molecule has 0 atom stereocenters. The summed E-state index contributed by atoms with van der Waals surface area (Å²) in [6.45, 7) is 7.06. The second-order valence-electron chi connectivity index (χ2n) is 2.86. The van der Waals surface area contributed by atoms with Gasteiger partial charge in [-0.05, 0) is 18.6 Å². The molecule has 0 fully saturated rings. The van der Waals surface area contributed by atoms with Crippen molar-refractivity contribution in [1.82, 2.24) is 0 Å². The van der Waals surface area contributed by atoms with Crippen molar-refractivity contribution in [3.05, 3.63) is 36.4 Å². The SMILES string of the molecule is C=C([SiH3])c1ccccc1NCC. The van der Waals surface area contributed by atoms with Gasteiger partial charge in [0.2, 0.25) is 0 Å². The van der Waals surface area contributed by atoms with Crippen LogP contribution in [0.2, 0.25) is 0 Å². The first-order valence-electron chi connectivity index (χ1n) is 4.24. The van der Waals surface area contributed by atoms with E-state index in [2.05, 4.69) is 37.0 Å². The molecule has 0 amide bonds. The Morgan fingerprint density at radius 1 is 1.50 bits per heavy atom. The minimum atomic E-state index is 0.964. The summed E-state index contributed by atoms with van der Waals surface area (Å²) in [6.07, 6.45) is 0. The van der Waals surface area contributed by atoms with Gasteiger partial charge < -0.3 is 5.32 Å². The lowest BCUT2D eigenvalue weighted by Gasteiger charge is -2.09. The van der Waals surface area contributed by atoms with Crippen LogP contribution in [0.25, 0.3) is 5.20 Å². The molecule has 0 radical (unpaired) electrons. The Labute approximate surface area is 76.9 Å². The predicted molar refractivity (Wildman–Crippen MR) is 59.6 cm³/mol. The molecule has 0 saturated heterocycles. The van der Waals surface area contributed by atoms with E-state index in [9.17, 15) is 0 Å². The normalized spacial score (nSPS) is 9.75. The van der Waals surface area contributed by atoms with Crippen LogP contribution in [0.3, 0.4) is 0 Å². The molecule has 1 rings (SSSR count). The van der Waals surface area contributed by atoms with E-state index >= 15 is 0 Å². The van der Waals surface area contributed by atoms with Crippen molar-refractivity contribution in [2.24, 2.45) is 0 Å². The van der Waals surface area contributed by atoms with Crippen LogP contribution in [0.5, 0.6) is 0 Å². The van der Waals surface area contributed by atoms with Crippen LogP contribution in [0.1, 0.15) is 12.5 Å². The van der Waals surface area contributed by atoms with Gasteiger partial charge in [0, 0.05) is 22.5 Å². The standard InChI is InChI=1S/C10H15NSi/c1-3-11-10-7-5-4-6-9(10)8(2)12/h4-7,11H,2-3H2,1,12H3. The average Bonchev–Trinajstić information content (AvgIpc) is 2.05. The van der Waals surface area contributed by atoms with E-state index in [1.165, 1.54) is 16.4 Å². The van der Waals surface area contributed by atoms with Crippen molar-refractivity contribution in [1.29, 1.82) is 0 Å². The molecule has 1 N–H and O–H groups in total. The summed E-state index contributed by atoms with van der Waals surface area (Å²) in [5.74, 6) is 0. The molecule has 0 unspecified atom stereocenters. The van der Waals surface area contributed by atoms with Crippen molar-refractivity contribution < 1.29 is 0 Å². The van der Waals surface area contributed by atoms with Crippen LogP contribution in [-0.2, 0) is 0 Å². The van der Waals surface area contributed by atoms with E-state index in [1.54, 1.807) is 0 Å². The van der Waals surface area contributed by atoms with Crippen molar-refractivity contribution in [2.75, 3.05) is 11.9 Å². The molecule has 0 aromatic heterocycles. The van der Waals surface area contributed by atoms with Crippen molar-refractivity contribution in [2.45, 2.75) is 6.92 Å². The predicted octanol–water partition coefficient (Wildman–Crippen LogP) is 1.45. The van der Waals surface area contributed by atoms with Crippen LogP contribution in [0.15, 0.2) is 30.8 Å². The van der Waals surface area contributed by atoms with E-state index in [1.807, 2.05) is 6.07 Å². The molecule has 0 aliphatic carbocycles. The fraction of sp³-hybridized carbons (Fsp3) is 0.200. The van der Waals surface area contributed by atoms with Crippen LogP contribution in [-0.4, -0.2) is 16.8 Å². The van der Waals surface area contributed by atoms with Crippen molar-refractivity contribution in [3.63, 3.8) is 0 Å². The third-order valence-electron chi connectivity index (χ3n) is 1.75. The molecular weight excluding hydrogens is 162 g/mol. The zero-order chi connectivity index (χ0) is 8.97. The second-order valence-corrected chi connectivity index (χ2v) is 4.06. The molecule has 0 saturated carbocycles. The summed E-state index contributed by atoms with van der Waals surface area (Å²) in [6, 6.07) is 8.32. The molecule has 12 heavy (non-hydrogen) atoms. The minimum absolute atomic E-state index is 0.964. The molecule has 0 heterocycles. The smallest absolute Gasteiger partial charge is 0.0411 e. The lowest BCUT2D eigenvalue weighted by molar-refractivity contribution is 1.21. The summed E-state index contributed by atoms with van der Waals surface area (Å²) in [5, 5.41) is 4.56. The Balaban J connectivity index is 3.00. The zero-order valence-corrected chi connectivity index (χ0v) is 9.72. The maximum absolute atomic E-state index is 3.99. The van der Waals surface area contributed by atoms with Gasteiger partial charge in [0.25, 0.3) is 0 Å². The number of rotatable bonds is 3. The Morgan fingerprint density at radius 2 is 2.17 bits per heavy atom. The second kappa shape index (κ2) is 4.12. The van der Waals surface area contributed by atoms with Gasteiger partial charge in [-0.1, -0.05) is 23.4 Å². The van der Waals surface area contributed by atoms with Gasteiger partial charge in [-0.15, -0.1) is 6.58 Å². The Bertz CT molecular complexity index is 281. The topological polar surface area (TPSA) is 12.0 Å². The van der Waals surface area contributed by atoms with Gasteiger partial charge in [0.1, 0.15) is 0 Å². The first-order chi connectivity index (χ1) is 5.75. The van der Waals surface area contributed by atoms with E-state index in [-0.39, 0.29) is 0 Å². The Morgan fingerprint density at radius 3 is 2.75 bits per heavy atom. The molecular formula is C10H15NSi. The summed E-state index contributed by atoms with van der Waals surface area (Å²) in [5.41, 5.74) is 2.48. The largest absolute Gasteiger partial charge is 0.385 e. The van der Waals surface area contributed by atoms with Gasteiger partial charge in [0.05, 0.1) is 0 Å². The van der Waals surface area contributed by atoms with Gasteiger partial charge in [-0.25, -0.2) is 0 Å².